The van der Waals surface area contributed by atoms with Crippen molar-refractivity contribution in [2.75, 3.05) is 11.9 Å². The quantitative estimate of drug-likeness (QED) is 0.527. The molecule has 2 aromatic carbocycles. The highest BCUT2D eigenvalue weighted by Gasteiger charge is 2.10. The lowest BCUT2D eigenvalue weighted by molar-refractivity contribution is -0.121. The van der Waals surface area contributed by atoms with Crippen LogP contribution in [0.4, 0.5) is 5.69 Å². The summed E-state index contributed by atoms with van der Waals surface area (Å²) >= 11 is 0. The van der Waals surface area contributed by atoms with Gasteiger partial charge >= 0.3 is 0 Å². The molecule has 0 radical (unpaired) electrons. The van der Waals surface area contributed by atoms with E-state index in [0.717, 1.165) is 11.3 Å². The Morgan fingerprint density at radius 3 is 2.57 bits per heavy atom. The number of anilines is 1. The third-order valence-corrected chi connectivity index (χ3v) is 4.50. The molecule has 0 atom stereocenters. The van der Waals surface area contributed by atoms with Crippen LogP contribution in [0.25, 0.3) is 0 Å². The molecule has 6 nitrogen and oxygen atoms in total. The van der Waals surface area contributed by atoms with E-state index < -0.39 is 0 Å². The van der Waals surface area contributed by atoms with Crippen LogP contribution in [-0.2, 0) is 11.3 Å². The molecule has 0 aliphatic rings. The number of carbonyl (C=O) groups is 2. The van der Waals surface area contributed by atoms with Crippen molar-refractivity contribution in [2.45, 2.75) is 26.3 Å². The normalized spacial score (nSPS) is 10.3. The SMILES string of the molecule is Cc1ccc(OCCCC(=O)NCc2ccccc2NC(=O)c2cccnc2)cc1. The maximum Gasteiger partial charge on any atom is 0.257 e. The first kappa shape index (κ1) is 21.0. The number of rotatable bonds is 9. The van der Waals surface area contributed by atoms with Crippen LogP contribution in [0.1, 0.15) is 34.3 Å². The Bertz CT molecular complexity index is 973. The lowest BCUT2D eigenvalue weighted by atomic mass is 10.1. The van der Waals surface area contributed by atoms with Gasteiger partial charge in [-0.15, -0.1) is 0 Å². The van der Waals surface area contributed by atoms with Crippen LogP contribution in [0.3, 0.4) is 0 Å². The van der Waals surface area contributed by atoms with Gasteiger partial charge in [-0.3, -0.25) is 14.6 Å². The van der Waals surface area contributed by atoms with Crippen molar-refractivity contribution in [3.05, 3.63) is 89.7 Å². The van der Waals surface area contributed by atoms with Crippen LogP contribution in [0, 0.1) is 6.92 Å². The molecule has 0 spiro atoms. The van der Waals surface area contributed by atoms with E-state index in [1.54, 1.807) is 18.3 Å². The standard InChI is InChI=1S/C24H25N3O3/c1-18-10-12-21(13-11-18)30-15-5-9-23(28)26-17-19-6-2-3-8-22(19)27-24(29)20-7-4-14-25-16-20/h2-4,6-8,10-14,16H,5,9,15,17H2,1H3,(H,26,28)(H,27,29). The maximum absolute atomic E-state index is 12.4. The topological polar surface area (TPSA) is 80.3 Å². The van der Waals surface area contributed by atoms with Gasteiger partial charge < -0.3 is 15.4 Å². The average Bonchev–Trinajstić information content (AvgIpc) is 2.78. The van der Waals surface area contributed by atoms with Gasteiger partial charge in [-0.05, 0) is 49.2 Å². The van der Waals surface area contributed by atoms with Crippen molar-refractivity contribution in [1.82, 2.24) is 10.3 Å². The fraction of sp³-hybridized carbons (Fsp3) is 0.208. The number of pyridine rings is 1. The molecule has 0 bridgehead atoms. The van der Waals surface area contributed by atoms with Gasteiger partial charge in [0.2, 0.25) is 5.91 Å². The number of carbonyl (C=O) groups excluding carboxylic acids is 2. The van der Waals surface area contributed by atoms with E-state index in [1.165, 1.54) is 11.8 Å². The van der Waals surface area contributed by atoms with E-state index in [4.69, 9.17) is 4.74 Å². The van der Waals surface area contributed by atoms with Crippen molar-refractivity contribution >= 4 is 17.5 Å². The van der Waals surface area contributed by atoms with Crippen molar-refractivity contribution < 1.29 is 14.3 Å². The molecule has 3 rings (SSSR count). The summed E-state index contributed by atoms with van der Waals surface area (Å²) in [6, 6.07) is 18.6. The summed E-state index contributed by atoms with van der Waals surface area (Å²) in [7, 11) is 0. The van der Waals surface area contributed by atoms with Crippen LogP contribution in [0.15, 0.2) is 73.1 Å². The van der Waals surface area contributed by atoms with Gasteiger partial charge in [0.25, 0.3) is 5.91 Å². The largest absolute Gasteiger partial charge is 0.494 e. The minimum atomic E-state index is -0.241. The molecule has 2 N–H and O–H groups in total. The molecule has 0 aliphatic heterocycles. The number of hydrogen-bond donors (Lipinski definition) is 2. The Labute approximate surface area is 176 Å². The molecular weight excluding hydrogens is 378 g/mol. The summed E-state index contributed by atoms with van der Waals surface area (Å²) in [4.78, 5) is 28.5. The third-order valence-electron chi connectivity index (χ3n) is 4.50. The Morgan fingerprint density at radius 2 is 1.80 bits per heavy atom. The van der Waals surface area contributed by atoms with Crippen LogP contribution in [-0.4, -0.2) is 23.4 Å². The van der Waals surface area contributed by atoms with Gasteiger partial charge in [0.15, 0.2) is 0 Å². The van der Waals surface area contributed by atoms with Gasteiger partial charge in [0, 0.05) is 31.0 Å². The van der Waals surface area contributed by atoms with Crippen LogP contribution >= 0.6 is 0 Å². The molecule has 0 fully saturated rings. The second-order valence-electron chi connectivity index (χ2n) is 6.89. The summed E-state index contributed by atoms with van der Waals surface area (Å²) < 4.78 is 5.65. The van der Waals surface area contributed by atoms with Crippen molar-refractivity contribution in [1.29, 1.82) is 0 Å². The zero-order valence-electron chi connectivity index (χ0n) is 16.9. The zero-order valence-corrected chi connectivity index (χ0v) is 16.9. The second kappa shape index (κ2) is 10.8. The van der Waals surface area contributed by atoms with E-state index in [-0.39, 0.29) is 11.8 Å². The molecule has 30 heavy (non-hydrogen) atoms. The Hall–Kier alpha value is -3.67. The number of ether oxygens (including phenoxy) is 1. The summed E-state index contributed by atoms with van der Waals surface area (Å²) in [5.41, 5.74) is 3.15. The highest BCUT2D eigenvalue weighted by atomic mass is 16.5. The molecule has 3 aromatic rings. The Balaban J connectivity index is 1.44. The number of nitrogens with one attached hydrogen (secondary N) is 2. The molecule has 1 aromatic heterocycles. The predicted molar refractivity (Wildman–Crippen MR) is 116 cm³/mol. The molecule has 0 unspecified atom stereocenters. The molecule has 6 heteroatoms. The second-order valence-corrected chi connectivity index (χ2v) is 6.89. The lowest BCUT2D eigenvalue weighted by Gasteiger charge is -2.12. The predicted octanol–water partition coefficient (Wildman–Crippen LogP) is 4.12. The van der Waals surface area contributed by atoms with Gasteiger partial charge in [0.1, 0.15) is 5.75 Å². The Morgan fingerprint density at radius 1 is 1.00 bits per heavy atom. The van der Waals surface area contributed by atoms with Crippen LogP contribution in [0.2, 0.25) is 0 Å². The van der Waals surface area contributed by atoms with Gasteiger partial charge in [-0.25, -0.2) is 0 Å². The number of amides is 2. The number of hydrogen-bond acceptors (Lipinski definition) is 4. The minimum Gasteiger partial charge on any atom is -0.494 e. The molecule has 0 saturated heterocycles. The number of nitrogens with zero attached hydrogens (tertiary/aromatic N) is 1. The molecule has 2 amide bonds. The van der Waals surface area contributed by atoms with E-state index in [9.17, 15) is 9.59 Å². The molecule has 0 aliphatic carbocycles. The monoisotopic (exact) mass is 403 g/mol. The molecule has 0 saturated carbocycles. The lowest BCUT2D eigenvalue weighted by Crippen LogP contribution is -2.24. The Kier molecular flexibility index (Phi) is 7.55. The highest BCUT2D eigenvalue weighted by Crippen LogP contribution is 2.16. The van der Waals surface area contributed by atoms with E-state index >= 15 is 0 Å². The first-order valence-electron chi connectivity index (χ1n) is 9.87. The number of aromatic nitrogens is 1. The summed E-state index contributed by atoms with van der Waals surface area (Å²) in [5, 5.41) is 5.78. The molecule has 1 heterocycles. The zero-order chi connectivity index (χ0) is 21.2. The smallest absolute Gasteiger partial charge is 0.257 e. The number of benzene rings is 2. The van der Waals surface area contributed by atoms with Crippen LogP contribution < -0.4 is 15.4 Å². The van der Waals surface area contributed by atoms with Crippen LogP contribution in [0.5, 0.6) is 5.75 Å². The number of para-hydroxylation sites is 1. The first-order chi connectivity index (χ1) is 14.6. The average molecular weight is 403 g/mol. The minimum absolute atomic E-state index is 0.0594. The fourth-order valence-electron chi connectivity index (χ4n) is 2.83. The fourth-order valence-corrected chi connectivity index (χ4v) is 2.83. The molecule has 154 valence electrons. The van der Waals surface area contributed by atoms with E-state index in [2.05, 4.69) is 15.6 Å². The van der Waals surface area contributed by atoms with Gasteiger partial charge in [0.05, 0.1) is 12.2 Å². The molecular formula is C24H25N3O3. The first-order valence-corrected chi connectivity index (χ1v) is 9.87. The third kappa shape index (κ3) is 6.44. The highest BCUT2D eigenvalue weighted by molar-refractivity contribution is 6.04. The van der Waals surface area contributed by atoms with Crippen molar-refractivity contribution in [3.63, 3.8) is 0 Å². The maximum atomic E-state index is 12.4. The summed E-state index contributed by atoms with van der Waals surface area (Å²) in [6.45, 7) is 2.84. The van der Waals surface area contributed by atoms with Gasteiger partial charge in [-0.2, -0.15) is 0 Å². The van der Waals surface area contributed by atoms with E-state index in [1.807, 2.05) is 55.5 Å². The van der Waals surface area contributed by atoms with E-state index in [0.29, 0.717) is 37.2 Å². The van der Waals surface area contributed by atoms with Crippen molar-refractivity contribution in [2.24, 2.45) is 0 Å². The summed E-state index contributed by atoms with van der Waals surface area (Å²) in [5.74, 6) is 0.505. The number of aryl methyl sites for hydroxylation is 1. The van der Waals surface area contributed by atoms with Gasteiger partial charge in [-0.1, -0.05) is 35.9 Å². The van der Waals surface area contributed by atoms with Crippen molar-refractivity contribution in [3.8, 4) is 5.75 Å². The summed E-state index contributed by atoms with van der Waals surface area (Å²) in [6.07, 6.45) is 4.12.